The zero-order valence-electron chi connectivity index (χ0n) is 8.65. The minimum Gasteiger partial charge on any atom is -1.00 e. The van der Waals surface area contributed by atoms with Gasteiger partial charge in [0.1, 0.15) is 5.75 Å². The summed E-state index contributed by atoms with van der Waals surface area (Å²) in [4.78, 5) is 0. The average molecular weight is 266 g/mol. The Balaban J connectivity index is 0. The molecule has 0 unspecified atom stereocenters. The Bertz CT molecular complexity index is 407. The Morgan fingerprint density at radius 2 is 1.60 bits per heavy atom. The summed E-state index contributed by atoms with van der Waals surface area (Å²) in [7, 11) is -5.55. The number of rotatable bonds is 2. The van der Waals surface area contributed by atoms with Gasteiger partial charge in [-0.15, -0.1) is 0 Å². The maximum absolute atomic E-state index is 11.8. The van der Waals surface area contributed by atoms with Gasteiger partial charge in [0.25, 0.3) is 0 Å². The maximum Gasteiger partial charge on any atom is 1.00 e. The molecule has 15 heavy (non-hydrogen) atoms. The van der Waals surface area contributed by atoms with Crippen molar-refractivity contribution in [3.8, 4) is 5.75 Å². The molecule has 0 saturated carbocycles. The molecule has 0 heterocycles. The summed E-state index contributed by atoms with van der Waals surface area (Å²) in [5.41, 5.74) is -5.40. The Hall–Kier alpha value is 0.396. The SMILES string of the molecule is O=S(=O)(Oc1ccccc1)C(F)(F)F.[H-].[K+]. The van der Waals surface area contributed by atoms with E-state index in [0.29, 0.717) is 0 Å². The van der Waals surface area contributed by atoms with Crippen molar-refractivity contribution in [3.63, 3.8) is 0 Å². The molecule has 1 rings (SSSR count). The van der Waals surface area contributed by atoms with E-state index in [0.717, 1.165) is 12.1 Å². The topological polar surface area (TPSA) is 43.4 Å². The summed E-state index contributed by atoms with van der Waals surface area (Å²) in [6, 6.07) is 6.47. The van der Waals surface area contributed by atoms with Crippen LogP contribution in [0.2, 0.25) is 0 Å². The van der Waals surface area contributed by atoms with E-state index < -0.39 is 15.6 Å². The molecule has 8 heteroatoms. The Morgan fingerprint density at radius 3 is 2.00 bits per heavy atom. The van der Waals surface area contributed by atoms with Gasteiger partial charge in [0.05, 0.1) is 0 Å². The number of alkyl halides is 3. The van der Waals surface area contributed by atoms with Crippen LogP contribution in [0.3, 0.4) is 0 Å². The number of benzene rings is 1. The van der Waals surface area contributed by atoms with Gasteiger partial charge in [0.2, 0.25) is 0 Å². The molecule has 0 aliphatic rings. The molecule has 0 amide bonds. The van der Waals surface area contributed by atoms with Crippen molar-refractivity contribution in [3.05, 3.63) is 30.3 Å². The van der Waals surface area contributed by atoms with Crippen LogP contribution in [0.1, 0.15) is 1.43 Å². The predicted octanol–water partition coefficient (Wildman–Crippen LogP) is -0.968. The van der Waals surface area contributed by atoms with Crippen LogP contribution in [0.15, 0.2) is 30.3 Å². The molecule has 0 saturated heterocycles. The first-order valence-electron chi connectivity index (χ1n) is 3.39. The van der Waals surface area contributed by atoms with E-state index in [1.54, 1.807) is 0 Å². The average Bonchev–Trinajstić information content (AvgIpc) is 2.03. The van der Waals surface area contributed by atoms with Crippen LogP contribution in [-0.4, -0.2) is 13.9 Å². The largest absolute Gasteiger partial charge is 1.00 e. The second-order valence-electron chi connectivity index (χ2n) is 2.30. The van der Waals surface area contributed by atoms with Gasteiger partial charge < -0.3 is 5.61 Å². The van der Waals surface area contributed by atoms with E-state index in [1.807, 2.05) is 0 Å². The minimum absolute atomic E-state index is 0. The van der Waals surface area contributed by atoms with Crippen LogP contribution in [0, 0.1) is 0 Å². The second-order valence-corrected chi connectivity index (χ2v) is 3.83. The van der Waals surface area contributed by atoms with Gasteiger partial charge >= 0.3 is 67.0 Å². The first kappa shape index (κ1) is 15.4. The van der Waals surface area contributed by atoms with Crippen LogP contribution in [-0.2, 0) is 10.1 Å². The number of hydrogen-bond donors (Lipinski definition) is 0. The fourth-order valence-electron chi connectivity index (χ4n) is 0.650. The van der Waals surface area contributed by atoms with E-state index in [4.69, 9.17) is 0 Å². The third kappa shape index (κ3) is 4.41. The van der Waals surface area contributed by atoms with Crippen LogP contribution in [0.25, 0.3) is 0 Å². The zero-order valence-corrected chi connectivity index (χ0v) is 11.6. The number of halogens is 3. The van der Waals surface area contributed by atoms with Crippen molar-refractivity contribution < 1.29 is 78.6 Å². The summed E-state index contributed by atoms with van der Waals surface area (Å²) in [6.45, 7) is 0. The molecule has 0 atom stereocenters. The molecule has 0 aromatic heterocycles. The molecular formula is C7H6F3KO3S. The first-order valence-corrected chi connectivity index (χ1v) is 4.79. The molecule has 1 aromatic carbocycles. The summed E-state index contributed by atoms with van der Waals surface area (Å²) in [5, 5.41) is 0. The van der Waals surface area contributed by atoms with Gasteiger partial charge in [0, 0.05) is 0 Å². The van der Waals surface area contributed by atoms with Crippen molar-refractivity contribution in [1.29, 1.82) is 0 Å². The van der Waals surface area contributed by atoms with E-state index in [9.17, 15) is 21.6 Å². The molecule has 0 fully saturated rings. The van der Waals surface area contributed by atoms with E-state index >= 15 is 0 Å². The fourth-order valence-corrected chi connectivity index (χ4v) is 1.11. The van der Waals surface area contributed by atoms with E-state index in [-0.39, 0.29) is 58.6 Å². The van der Waals surface area contributed by atoms with Gasteiger partial charge in [-0.1, -0.05) is 18.2 Å². The Kier molecular flexibility index (Phi) is 5.79. The monoisotopic (exact) mass is 266 g/mol. The molecule has 0 radical (unpaired) electrons. The molecule has 0 N–H and O–H groups in total. The van der Waals surface area contributed by atoms with Crippen LogP contribution < -0.4 is 55.6 Å². The number of para-hydroxylation sites is 1. The first-order chi connectivity index (χ1) is 6.33. The van der Waals surface area contributed by atoms with Crippen LogP contribution in [0.5, 0.6) is 5.75 Å². The minimum atomic E-state index is -5.55. The molecule has 80 valence electrons. The second kappa shape index (κ2) is 5.64. The van der Waals surface area contributed by atoms with Crippen LogP contribution >= 0.6 is 0 Å². The maximum atomic E-state index is 11.8. The number of hydrogen-bond acceptors (Lipinski definition) is 3. The van der Waals surface area contributed by atoms with Crippen molar-refractivity contribution in [1.82, 2.24) is 0 Å². The molecule has 1 aromatic rings. The normalized spacial score (nSPS) is 11.7. The summed E-state index contributed by atoms with van der Waals surface area (Å²) in [5.74, 6) is -0.371. The van der Waals surface area contributed by atoms with Gasteiger partial charge in [-0.25, -0.2) is 0 Å². The summed E-state index contributed by atoms with van der Waals surface area (Å²) in [6.07, 6.45) is 0. The molecule has 0 aliphatic heterocycles. The molecule has 0 spiro atoms. The van der Waals surface area contributed by atoms with Gasteiger partial charge in [0.15, 0.2) is 0 Å². The molecular weight excluding hydrogens is 260 g/mol. The van der Waals surface area contributed by atoms with Crippen molar-refractivity contribution in [2.75, 3.05) is 0 Å². The third-order valence-electron chi connectivity index (χ3n) is 1.23. The Morgan fingerprint density at radius 1 is 1.13 bits per heavy atom. The standard InChI is InChI=1S/C7H5F3O3S.K.H/c8-7(9,10)14(11,12)13-6-4-2-1-3-5-6;;/h1-5H;;/q;+1;-1. The molecule has 0 aliphatic carbocycles. The third-order valence-corrected chi connectivity index (χ3v) is 2.21. The summed E-state index contributed by atoms with van der Waals surface area (Å²) >= 11 is 0. The van der Waals surface area contributed by atoms with Gasteiger partial charge in [-0.05, 0) is 12.1 Å². The smallest absolute Gasteiger partial charge is 1.00 e. The van der Waals surface area contributed by atoms with Crippen molar-refractivity contribution in [2.24, 2.45) is 0 Å². The van der Waals surface area contributed by atoms with Crippen LogP contribution in [0.4, 0.5) is 13.2 Å². The molecule has 3 nitrogen and oxygen atoms in total. The fraction of sp³-hybridized carbons (Fsp3) is 0.143. The van der Waals surface area contributed by atoms with Crippen molar-refractivity contribution in [2.45, 2.75) is 5.51 Å². The van der Waals surface area contributed by atoms with E-state index in [1.165, 1.54) is 18.2 Å². The summed E-state index contributed by atoms with van der Waals surface area (Å²) < 4.78 is 60.2. The quantitative estimate of drug-likeness (QED) is 0.393. The van der Waals surface area contributed by atoms with Crippen molar-refractivity contribution >= 4 is 10.1 Å². The Labute approximate surface area is 129 Å². The van der Waals surface area contributed by atoms with Gasteiger partial charge in [-0.3, -0.25) is 0 Å². The van der Waals surface area contributed by atoms with Gasteiger partial charge in [-0.2, -0.15) is 21.6 Å². The molecule has 0 bridgehead atoms. The zero-order chi connectivity index (χ0) is 10.8. The van der Waals surface area contributed by atoms with E-state index in [2.05, 4.69) is 4.18 Å². The predicted molar refractivity (Wildman–Crippen MR) is 43.2 cm³/mol.